The molecule has 1 aromatic heterocycles. The Balaban J connectivity index is 1.86. The molecule has 0 aliphatic carbocycles. The predicted molar refractivity (Wildman–Crippen MR) is 84.7 cm³/mol. The summed E-state index contributed by atoms with van der Waals surface area (Å²) in [6.45, 7) is 1.25. The van der Waals surface area contributed by atoms with Crippen LogP contribution in [-0.4, -0.2) is 13.1 Å². The largest absolute Gasteiger partial charge is 0.469 e. The third kappa shape index (κ3) is 4.91. The van der Waals surface area contributed by atoms with E-state index in [1.165, 1.54) is 19.2 Å². The summed E-state index contributed by atoms with van der Waals surface area (Å²) in [7, 11) is 1.38. The first-order chi connectivity index (χ1) is 10.1. The van der Waals surface area contributed by atoms with Gasteiger partial charge in [-0.05, 0) is 35.9 Å². The molecule has 0 amide bonds. The Labute approximate surface area is 135 Å². The van der Waals surface area contributed by atoms with Gasteiger partial charge in [0.1, 0.15) is 5.82 Å². The van der Waals surface area contributed by atoms with Crippen LogP contribution in [0.3, 0.4) is 0 Å². The molecule has 3 nitrogen and oxygen atoms in total. The lowest BCUT2D eigenvalue weighted by Gasteiger charge is -2.06. The highest BCUT2D eigenvalue weighted by molar-refractivity contribution is 9.10. The minimum absolute atomic E-state index is 0.236. The molecule has 0 fully saturated rings. The van der Waals surface area contributed by atoms with Crippen LogP contribution in [-0.2, 0) is 29.0 Å². The zero-order valence-corrected chi connectivity index (χ0v) is 13.9. The van der Waals surface area contributed by atoms with Crippen molar-refractivity contribution in [1.82, 2.24) is 5.32 Å². The van der Waals surface area contributed by atoms with E-state index in [4.69, 9.17) is 0 Å². The summed E-state index contributed by atoms with van der Waals surface area (Å²) in [6, 6.07) is 8.54. The fraction of sp³-hybridized carbons (Fsp3) is 0.267. The number of benzene rings is 1. The van der Waals surface area contributed by atoms with Crippen molar-refractivity contribution in [3.05, 3.63) is 55.9 Å². The van der Waals surface area contributed by atoms with E-state index in [2.05, 4.69) is 26.0 Å². The van der Waals surface area contributed by atoms with Crippen LogP contribution < -0.4 is 5.32 Å². The molecular formula is C15H15BrFNO2S. The van der Waals surface area contributed by atoms with E-state index in [1.807, 2.05) is 12.1 Å². The maximum atomic E-state index is 13.2. The van der Waals surface area contributed by atoms with Gasteiger partial charge in [0, 0.05) is 27.3 Å². The Kier molecular flexibility index (Phi) is 5.90. The summed E-state index contributed by atoms with van der Waals surface area (Å²) in [4.78, 5) is 13.3. The van der Waals surface area contributed by atoms with Gasteiger partial charge in [-0.15, -0.1) is 11.3 Å². The molecule has 0 saturated carbocycles. The maximum Gasteiger partial charge on any atom is 0.310 e. The van der Waals surface area contributed by atoms with Crippen LogP contribution in [0, 0.1) is 5.82 Å². The normalized spacial score (nSPS) is 10.6. The van der Waals surface area contributed by atoms with Gasteiger partial charge in [-0.1, -0.05) is 15.9 Å². The molecule has 112 valence electrons. The number of hydrogen-bond donors (Lipinski definition) is 1. The molecule has 0 bridgehead atoms. The zero-order valence-electron chi connectivity index (χ0n) is 11.5. The Bertz CT molecular complexity index is 630. The second-order valence-electron chi connectivity index (χ2n) is 4.46. The molecule has 1 aromatic carbocycles. The van der Waals surface area contributed by atoms with Gasteiger partial charge in [-0.25, -0.2) is 4.39 Å². The van der Waals surface area contributed by atoms with Crippen LogP contribution in [0.1, 0.15) is 15.3 Å². The first-order valence-electron chi connectivity index (χ1n) is 6.37. The molecule has 2 aromatic rings. The van der Waals surface area contributed by atoms with Crippen molar-refractivity contribution >= 4 is 33.2 Å². The molecule has 0 unspecified atom stereocenters. The van der Waals surface area contributed by atoms with Crippen LogP contribution in [0.4, 0.5) is 4.39 Å². The standard InChI is InChI=1S/C15H15BrFNO2S/c1-20-15(19)7-12-3-4-13(21-12)9-18-8-10-6-11(17)2-5-14(10)16/h2-6,18H,7-9H2,1H3. The summed E-state index contributed by atoms with van der Waals surface area (Å²) in [5.41, 5.74) is 0.876. The number of carbonyl (C=O) groups is 1. The van der Waals surface area contributed by atoms with Crippen molar-refractivity contribution in [2.45, 2.75) is 19.5 Å². The van der Waals surface area contributed by atoms with Crippen LogP contribution in [0.15, 0.2) is 34.8 Å². The molecule has 1 N–H and O–H groups in total. The minimum Gasteiger partial charge on any atom is -0.469 e. The number of thiophene rings is 1. The lowest BCUT2D eigenvalue weighted by atomic mass is 10.2. The number of carbonyl (C=O) groups excluding carboxylic acids is 1. The van der Waals surface area contributed by atoms with Gasteiger partial charge in [-0.3, -0.25) is 4.79 Å². The van der Waals surface area contributed by atoms with Gasteiger partial charge in [0.05, 0.1) is 13.5 Å². The van der Waals surface area contributed by atoms with Gasteiger partial charge in [0.2, 0.25) is 0 Å². The van der Waals surface area contributed by atoms with Gasteiger partial charge >= 0.3 is 5.97 Å². The van der Waals surface area contributed by atoms with Gasteiger partial charge in [0.25, 0.3) is 0 Å². The highest BCUT2D eigenvalue weighted by Crippen LogP contribution is 2.19. The second kappa shape index (κ2) is 7.68. The third-order valence-electron chi connectivity index (χ3n) is 2.89. The number of rotatable bonds is 6. The molecule has 0 spiro atoms. The van der Waals surface area contributed by atoms with Crippen molar-refractivity contribution in [1.29, 1.82) is 0 Å². The summed E-state index contributed by atoms with van der Waals surface area (Å²) in [5.74, 6) is -0.480. The van der Waals surface area contributed by atoms with Crippen LogP contribution in [0.5, 0.6) is 0 Å². The smallest absolute Gasteiger partial charge is 0.310 e. The third-order valence-corrected chi connectivity index (χ3v) is 4.74. The molecule has 21 heavy (non-hydrogen) atoms. The van der Waals surface area contributed by atoms with Crippen LogP contribution in [0.2, 0.25) is 0 Å². The molecule has 0 radical (unpaired) electrons. The molecule has 2 rings (SSSR count). The molecule has 1 heterocycles. The van der Waals surface area contributed by atoms with E-state index in [9.17, 15) is 9.18 Å². The number of esters is 1. The summed E-state index contributed by atoms with van der Waals surface area (Å²) in [5, 5.41) is 3.26. The zero-order chi connectivity index (χ0) is 15.2. The van der Waals surface area contributed by atoms with Crippen molar-refractivity contribution in [2.75, 3.05) is 7.11 Å². The van der Waals surface area contributed by atoms with Crippen LogP contribution >= 0.6 is 27.3 Å². The molecular weight excluding hydrogens is 357 g/mol. The topological polar surface area (TPSA) is 38.3 Å². The van der Waals surface area contributed by atoms with Crippen molar-refractivity contribution in [3.63, 3.8) is 0 Å². The molecule has 6 heteroatoms. The number of hydrogen-bond acceptors (Lipinski definition) is 4. The van der Waals surface area contributed by atoms with Crippen LogP contribution in [0.25, 0.3) is 0 Å². The lowest BCUT2D eigenvalue weighted by molar-refractivity contribution is -0.139. The minimum atomic E-state index is -0.244. The summed E-state index contributed by atoms with van der Waals surface area (Å²) in [6.07, 6.45) is 0.302. The fourth-order valence-corrected chi connectivity index (χ4v) is 3.19. The lowest BCUT2D eigenvalue weighted by Crippen LogP contribution is -2.12. The average molecular weight is 372 g/mol. The quantitative estimate of drug-likeness (QED) is 0.787. The number of methoxy groups -OCH3 is 1. The molecule has 0 saturated heterocycles. The highest BCUT2D eigenvalue weighted by atomic mass is 79.9. The van der Waals surface area contributed by atoms with Gasteiger partial charge < -0.3 is 10.1 Å². The number of halogens is 2. The van der Waals surface area contributed by atoms with E-state index >= 15 is 0 Å². The maximum absolute atomic E-state index is 13.2. The van der Waals surface area contributed by atoms with E-state index in [-0.39, 0.29) is 11.8 Å². The van der Waals surface area contributed by atoms with Crippen molar-refractivity contribution in [2.24, 2.45) is 0 Å². The highest BCUT2D eigenvalue weighted by Gasteiger charge is 2.07. The van der Waals surface area contributed by atoms with E-state index in [0.717, 1.165) is 19.8 Å². The van der Waals surface area contributed by atoms with Gasteiger partial charge in [-0.2, -0.15) is 0 Å². The fourth-order valence-electron chi connectivity index (χ4n) is 1.83. The monoisotopic (exact) mass is 371 g/mol. The van der Waals surface area contributed by atoms with Gasteiger partial charge in [0.15, 0.2) is 0 Å². The Morgan fingerprint density at radius 3 is 2.81 bits per heavy atom. The van der Waals surface area contributed by atoms with E-state index < -0.39 is 0 Å². The second-order valence-corrected chi connectivity index (χ2v) is 6.57. The predicted octanol–water partition coefficient (Wildman–Crippen LogP) is 3.66. The molecule has 0 aliphatic heterocycles. The molecule has 0 aliphatic rings. The Morgan fingerprint density at radius 1 is 1.29 bits per heavy atom. The average Bonchev–Trinajstić information content (AvgIpc) is 2.90. The van der Waals surface area contributed by atoms with E-state index in [1.54, 1.807) is 17.4 Å². The SMILES string of the molecule is COC(=O)Cc1ccc(CNCc2cc(F)ccc2Br)s1. The van der Waals surface area contributed by atoms with Crippen molar-refractivity contribution < 1.29 is 13.9 Å². The number of nitrogens with one attached hydrogen (secondary N) is 1. The van der Waals surface area contributed by atoms with E-state index in [0.29, 0.717) is 19.5 Å². The Hall–Kier alpha value is -1.24. The summed E-state index contributed by atoms with van der Waals surface area (Å²) < 4.78 is 18.7. The summed E-state index contributed by atoms with van der Waals surface area (Å²) >= 11 is 4.97. The molecule has 0 atom stereocenters. The Morgan fingerprint density at radius 2 is 2.05 bits per heavy atom. The number of ether oxygens (including phenoxy) is 1. The first-order valence-corrected chi connectivity index (χ1v) is 7.98. The van der Waals surface area contributed by atoms with Crippen molar-refractivity contribution in [3.8, 4) is 0 Å². The first kappa shape index (κ1) is 16.1.